The maximum Gasteiger partial charge on any atom is 0.201 e. The molecule has 0 saturated carbocycles. The van der Waals surface area contributed by atoms with Gasteiger partial charge in [-0.05, 0) is 31.1 Å². The lowest BCUT2D eigenvalue weighted by Gasteiger charge is -2.17. The molecule has 134 valence electrons. The third kappa shape index (κ3) is 2.26. The van der Waals surface area contributed by atoms with Gasteiger partial charge in [0.05, 0.1) is 5.52 Å². The fourth-order valence-corrected chi connectivity index (χ4v) is 3.08. The minimum Gasteiger partial charge on any atom is -0.361 e. The van der Waals surface area contributed by atoms with Crippen molar-refractivity contribution in [1.82, 2.24) is 35.3 Å². The molecular formula is C17H14N8O2. The van der Waals surface area contributed by atoms with Gasteiger partial charge in [0.1, 0.15) is 23.0 Å². The van der Waals surface area contributed by atoms with E-state index in [-0.39, 0.29) is 0 Å². The smallest absolute Gasteiger partial charge is 0.201 e. The van der Waals surface area contributed by atoms with Gasteiger partial charge in [-0.25, -0.2) is 9.61 Å². The van der Waals surface area contributed by atoms with Crippen molar-refractivity contribution >= 4 is 28.2 Å². The summed E-state index contributed by atoms with van der Waals surface area (Å²) in [6.45, 7) is 3.65. The first-order chi connectivity index (χ1) is 13.1. The van der Waals surface area contributed by atoms with Gasteiger partial charge in [-0.1, -0.05) is 27.7 Å². The molecule has 10 heteroatoms. The lowest BCUT2D eigenvalue weighted by molar-refractivity contribution is 0.305. The monoisotopic (exact) mass is 362 g/mol. The van der Waals surface area contributed by atoms with Gasteiger partial charge in [-0.2, -0.15) is 4.52 Å². The van der Waals surface area contributed by atoms with Crippen molar-refractivity contribution in [3.63, 3.8) is 0 Å². The predicted octanol–water partition coefficient (Wildman–Crippen LogP) is 2.70. The molecule has 0 amide bonds. The van der Waals surface area contributed by atoms with Gasteiger partial charge in [0.25, 0.3) is 0 Å². The van der Waals surface area contributed by atoms with Crippen molar-refractivity contribution in [3.8, 4) is 11.4 Å². The van der Waals surface area contributed by atoms with Gasteiger partial charge < -0.3 is 9.42 Å². The fraction of sp³-hybridized carbons (Fsp3) is 0.176. The van der Waals surface area contributed by atoms with Gasteiger partial charge >= 0.3 is 0 Å². The van der Waals surface area contributed by atoms with Crippen LogP contribution in [0.25, 0.3) is 27.9 Å². The van der Waals surface area contributed by atoms with Crippen molar-refractivity contribution in [2.75, 3.05) is 11.9 Å². The Labute approximate surface area is 152 Å². The van der Waals surface area contributed by atoms with Crippen LogP contribution in [0.5, 0.6) is 0 Å². The van der Waals surface area contributed by atoms with Crippen LogP contribution in [-0.2, 0) is 0 Å². The largest absolute Gasteiger partial charge is 0.361 e. The van der Waals surface area contributed by atoms with Crippen molar-refractivity contribution < 1.29 is 9.15 Å². The molecule has 4 heterocycles. The zero-order valence-electron chi connectivity index (χ0n) is 14.8. The average Bonchev–Trinajstić information content (AvgIpc) is 3.39. The van der Waals surface area contributed by atoms with E-state index >= 15 is 0 Å². The number of nitrogens with zero attached hydrogens (tertiary/aromatic N) is 8. The van der Waals surface area contributed by atoms with Crippen LogP contribution in [0, 0.1) is 13.8 Å². The Balaban J connectivity index is 1.82. The van der Waals surface area contributed by atoms with Gasteiger partial charge in [-0.3, -0.25) is 0 Å². The Morgan fingerprint density at radius 2 is 1.89 bits per heavy atom. The maximum atomic E-state index is 5.18. The first-order valence-electron chi connectivity index (χ1n) is 8.24. The number of benzene rings is 1. The molecular weight excluding hydrogens is 348 g/mol. The number of anilines is 2. The number of aromatic nitrogens is 7. The molecule has 0 aliphatic rings. The highest BCUT2D eigenvalue weighted by atomic mass is 16.6. The summed E-state index contributed by atoms with van der Waals surface area (Å²) in [4.78, 5) is 6.65. The molecule has 5 rings (SSSR count). The molecule has 0 radical (unpaired) electrons. The van der Waals surface area contributed by atoms with E-state index in [0.717, 1.165) is 10.9 Å². The van der Waals surface area contributed by atoms with E-state index < -0.39 is 0 Å². The van der Waals surface area contributed by atoms with Crippen LogP contribution >= 0.6 is 0 Å². The molecule has 0 aliphatic carbocycles. The number of aryl methyl sites for hydroxylation is 2. The summed E-state index contributed by atoms with van der Waals surface area (Å²) in [6, 6.07) is 9.62. The Kier molecular flexibility index (Phi) is 3.20. The highest BCUT2D eigenvalue weighted by Crippen LogP contribution is 2.32. The van der Waals surface area contributed by atoms with Gasteiger partial charge in [0, 0.05) is 18.5 Å². The second-order valence-corrected chi connectivity index (χ2v) is 6.18. The zero-order valence-corrected chi connectivity index (χ0v) is 14.8. The molecule has 0 unspecified atom stereocenters. The van der Waals surface area contributed by atoms with Crippen LogP contribution in [0.15, 0.2) is 39.5 Å². The third-order valence-electron chi connectivity index (χ3n) is 4.37. The van der Waals surface area contributed by atoms with Crippen LogP contribution in [0.2, 0.25) is 0 Å². The molecule has 0 atom stereocenters. The lowest BCUT2D eigenvalue weighted by atomic mass is 10.2. The van der Waals surface area contributed by atoms with Gasteiger partial charge in [0.2, 0.25) is 5.82 Å². The van der Waals surface area contributed by atoms with Crippen LogP contribution in [-0.4, -0.2) is 42.3 Å². The van der Waals surface area contributed by atoms with E-state index in [1.54, 1.807) is 10.6 Å². The summed E-state index contributed by atoms with van der Waals surface area (Å²) in [5.41, 5.74) is 3.22. The molecule has 5 aromatic rings. The van der Waals surface area contributed by atoms with Crippen LogP contribution < -0.4 is 4.90 Å². The fourth-order valence-electron chi connectivity index (χ4n) is 3.08. The highest BCUT2D eigenvalue weighted by Gasteiger charge is 2.22. The Morgan fingerprint density at radius 3 is 2.63 bits per heavy atom. The number of hydrogen-bond donors (Lipinski definition) is 0. The van der Waals surface area contributed by atoms with E-state index in [4.69, 9.17) is 14.1 Å². The Hall–Kier alpha value is -3.82. The van der Waals surface area contributed by atoms with E-state index in [1.807, 2.05) is 50.1 Å². The summed E-state index contributed by atoms with van der Waals surface area (Å²) >= 11 is 0. The molecule has 0 N–H and O–H groups in total. The molecule has 10 nitrogen and oxygen atoms in total. The second-order valence-electron chi connectivity index (χ2n) is 6.18. The third-order valence-corrected chi connectivity index (χ3v) is 4.37. The Bertz CT molecular complexity index is 1280. The summed E-state index contributed by atoms with van der Waals surface area (Å²) in [5, 5.41) is 21.3. The first-order valence-corrected chi connectivity index (χ1v) is 8.24. The van der Waals surface area contributed by atoms with E-state index in [0.29, 0.717) is 40.1 Å². The van der Waals surface area contributed by atoms with Gasteiger partial charge in [0.15, 0.2) is 11.3 Å². The number of para-hydroxylation sites is 1. The van der Waals surface area contributed by atoms with E-state index in [9.17, 15) is 0 Å². The molecule has 0 aliphatic heterocycles. The lowest BCUT2D eigenvalue weighted by Crippen LogP contribution is -2.14. The number of fused-ring (bicyclic) bond motifs is 3. The molecule has 0 spiro atoms. The number of hydrogen-bond acceptors (Lipinski definition) is 9. The minimum atomic E-state index is 0.544. The first kappa shape index (κ1) is 15.4. The van der Waals surface area contributed by atoms with Crippen molar-refractivity contribution in [3.05, 3.63) is 41.8 Å². The summed E-state index contributed by atoms with van der Waals surface area (Å²) < 4.78 is 11.7. The van der Waals surface area contributed by atoms with Gasteiger partial charge in [-0.15, -0.1) is 5.10 Å². The second kappa shape index (κ2) is 5.59. The van der Waals surface area contributed by atoms with Crippen molar-refractivity contribution in [2.24, 2.45) is 0 Å². The summed E-state index contributed by atoms with van der Waals surface area (Å²) in [5.74, 6) is 1.96. The van der Waals surface area contributed by atoms with E-state index in [1.165, 1.54) is 0 Å². The SMILES string of the molecule is Cc1cc(-c2nnn3c2nc(N(C)c2nonc2C)c2ccccc23)no1. The topological polar surface area (TPSA) is 111 Å². The Morgan fingerprint density at radius 1 is 1.04 bits per heavy atom. The van der Waals surface area contributed by atoms with E-state index in [2.05, 4.69) is 25.8 Å². The maximum absolute atomic E-state index is 5.18. The standard InChI is InChI=1S/C17H14N8O2/c1-9-8-12(21-26-9)14-17-18-16(24(3)15-10(2)20-27-22-15)11-6-4-5-7-13(11)25(17)23-19-14/h4-8H,1-3H3. The molecule has 0 bridgehead atoms. The van der Waals surface area contributed by atoms with Crippen LogP contribution in [0.1, 0.15) is 11.5 Å². The minimum absolute atomic E-state index is 0.544. The average molecular weight is 362 g/mol. The molecule has 0 fully saturated rings. The number of rotatable bonds is 3. The van der Waals surface area contributed by atoms with Crippen LogP contribution in [0.4, 0.5) is 11.6 Å². The van der Waals surface area contributed by atoms with Crippen molar-refractivity contribution in [1.29, 1.82) is 0 Å². The molecule has 0 saturated heterocycles. The predicted molar refractivity (Wildman–Crippen MR) is 95.6 cm³/mol. The zero-order chi connectivity index (χ0) is 18.5. The molecule has 27 heavy (non-hydrogen) atoms. The van der Waals surface area contributed by atoms with Crippen LogP contribution in [0.3, 0.4) is 0 Å². The normalized spacial score (nSPS) is 11.5. The molecule has 1 aromatic carbocycles. The molecule has 4 aromatic heterocycles. The van der Waals surface area contributed by atoms with Crippen molar-refractivity contribution in [2.45, 2.75) is 13.8 Å². The quantitative estimate of drug-likeness (QED) is 0.478. The summed E-state index contributed by atoms with van der Waals surface area (Å²) in [7, 11) is 1.86. The highest BCUT2D eigenvalue weighted by molar-refractivity contribution is 5.94. The summed E-state index contributed by atoms with van der Waals surface area (Å²) in [6.07, 6.45) is 0.